The minimum absolute atomic E-state index is 0.00735. The number of nitrogens with one attached hydrogen (secondary N) is 1. The third kappa shape index (κ3) is 3.16. The first-order chi connectivity index (χ1) is 8.09. The minimum atomic E-state index is -3.59. The number of halogens is 1. The van der Waals surface area contributed by atoms with Gasteiger partial charge in [0.1, 0.15) is 10.0 Å². The zero-order valence-electron chi connectivity index (χ0n) is 9.10. The fraction of sp³-hybridized carbons (Fsp3) is 0.500. The Hall–Kier alpha value is -0.690. The minimum Gasteiger partial charge on any atom is -0.381 e. The van der Waals surface area contributed by atoms with Gasteiger partial charge in [-0.3, -0.25) is 0 Å². The summed E-state index contributed by atoms with van der Waals surface area (Å²) in [6, 6.07) is 2.89. The smallest absolute Gasteiger partial charge is 0.243 e. The van der Waals surface area contributed by atoms with E-state index in [9.17, 15) is 8.42 Å². The highest BCUT2D eigenvalue weighted by Crippen LogP contribution is 2.19. The van der Waals surface area contributed by atoms with Gasteiger partial charge in [0.25, 0.3) is 0 Å². The summed E-state index contributed by atoms with van der Waals surface area (Å²) in [7, 11) is -3.59. The first kappa shape index (κ1) is 12.8. The summed E-state index contributed by atoms with van der Waals surface area (Å²) in [5, 5.41) is -0.00735. The maximum absolute atomic E-state index is 12.0. The number of ether oxygens (including phenoxy) is 1. The van der Waals surface area contributed by atoms with Crippen LogP contribution in [0.1, 0.15) is 12.8 Å². The van der Waals surface area contributed by atoms with E-state index < -0.39 is 10.0 Å². The standard InChI is InChI=1S/C10H13ClN2O3S/c11-10-9(2-1-5-12-10)17(14,15)13-8-3-6-16-7-4-8/h1-2,5,8,13H,3-4,6-7H2. The largest absolute Gasteiger partial charge is 0.381 e. The van der Waals surface area contributed by atoms with E-state index in [2.05, 4.69) is 9.71 Å². The zero-order valence-corrected chi connectivity index (χ0v) is 10.7. The van der Waals surface area contributed by atoms with Crippen LogP contribution in [0.3, 0.4) is 0 Å². The molecule has 0 radical (unpaired) electrons. The Morgan fingerprint density at radius 2 is 2.12 bits per heavy atom. The molecule has 0 spiro atoms. The molecule has 7 heteroatoms. The summed E-state index contributed by atoms with van der Waals surface area (Å²) in [6.07, 6.45) is 2.81. The molecule has 94 valence electrons. The van der Waals surface area contributed by atoms with Crippen LogP contribution in [0.25, 0.3) is 0 Å². The van der Waals surface area contributed by atoms with Crippen LogP contribution in [0.4, 0.5) is 0 Å². The van der Waals surface area contributed by atoms with Crippen molar-refractivity contribution >= 4 is 21.6 Å². The fourth-order valence-electron chi connectivity index (χ4n) is 1.67. The van der Waals surface area contributed by atoms with E-state index in [0.29, 0.717) is 26.1 Å². The molecule has 17 heavy (non-hydrogen) atoms. The number of nitrogens with zero attached hydrogens (tertiary/aromatic N) is 1. The predicted molar refractivity (Wildman–Crippen MR) is 63.4 cm³/mol. The monoisotopic (exact) mass is 276 g/mol. The number of hydrogen-bond donors (Lipinski definition) is 1. The molecule has 0 atom stereocenters. The SMILES string of the molecule is O=S(=O)(NC1CCOCC1)c1cccnc1Cl. The van der Waals surface area contributed by atoms with Crippen LogP contribution >= 0.6 is 11.6 Å². The van der Waals surface area contributed by atoms with E-state index in [1.165, 1.54) is 12.3 Å². The van der Waals surface area contributed by atoms with Crippen molar-refractivity contribution in [2.45, 2.75) is 23.8 Å². The second-order valence-corrected chi connectivity index (χ2v) is 5.84. The Kier molecular flexibility index (Phi) is 3.98. The maximum atomic E-state index is 12.0. The lowest BCUT2D eigenvalue weighted by atomic mass is 10.1. The van der Waals surface area contributed by atoms with E-state index in [0.717, 1.165) is 0 Å². The van der Waals surface area contributed by atoms with Crippen LogP contribution in [0.15, 0.2) is 23.2 Å². The van der Waals surface area contributed by atoms with Gasteiger partial charge in [0.05, 0.1) is 0 Å². The molecule has 5 nitrogen and oxygen atoms in total. The molecule has 1 aromatic rings. The number of sulfonamides is 1. The molecule has 0 saturated carbocycles. The van der Waals surface area contributed by atoms with Crippen LogP contribution in [0.5, 0.6) is 0 Å². The van der Waals surface area contributed by atoms with Crippen molar-refractivity contribution in [2.75, 3.05) is 13.2 Å². The summed E-state index contributed by atoms with van der Waals surface area (Å²) in [6.45, 7) is 1.15. The summed E-state index contributed by atoms with van der Waals surface area (Å²) < 4.78 is 31.9. The van der Waals surface area contributed by atoms with Gasteiger partial charge in [-0.2, -0.15) is 0 Å². The molecule has 0 aliphatic carbocycles. The lowest BCUT2D eigenvalue weighted by Gasteiger charge is -2.22. The number of hydrogen-bond acceptors (Lipinski definition) is 4. The average molecular weight is 277 g/mol. The molecule has 1 aliphatic heterocycles. The van der Waals surface area contributed by atoms with Crippen LogP contribution < -0.4 is 4.72 Å². The summed E-state index contributed by atoms with van der Waals surface area (Å²) in [5.41, 5.74) is 0. The number of pyridine rings is 1. The normalized spacial score (nSPS) is 18.2. The van der Waals surface area contributed by atoms with Crippen LogP contribution in [-0.2, 0) is 14.8 Å². The second-order valence-electron chi connectivity index (χ2n) is 3.80. The van der Waals surface area contributed by atoms with Gasteiger partial charge in [-0.05, 0) is 25.0 Å². The Morgan fingerprint density at radius 3 is 2.76 bits per heavy atom. The first-order valence-electron chi connectivity index (χ1n) is 5.30. The van der Waals surface area contributed by atoms with Gasteiger partial charge < -0.3 is 4.74 Å². The van der Waals surface area contributed by atoms with Gasteiger partial charge in [0.15, 0.2) is 0 Å². The molecule has 0 unspecified atom stereocenters. The van der Waals surface area contributed by atoms with E-state index in [1.54, 1.807) is 6.07 Å². The highest BCUT2D eigenvalue weighted by molar-refractivity contribution is 7.89. The van der Waals surface area contributed by atoms with Crippen molar-refractivity contribution in [3.8, 4) is 0 Å². The Balaban J connectivity index is 2.16. The molecule has 2 rings (SSSR count). The van der Waals surface area contributed by atoms with Crippen molar-refractivity contribution in [3.63, 3.8) is 0 Å². The van der Waals surface area contributed by atoms with Crippen LogP contribution in [0, 0.1) is 0 Å². The zero-order chi connectivity index (χ0) is 12.3. The highest BCUT2D eigenvalue weighted by atomic mass is 35.5. The van der Waals surface area contributed by atoms with E-state index in [1.807, 2.05) is 0 Å². The third-order valence-corrected chi connectivity index (χ3v) is 4.52. The molecule has 0 aromatic carbocycles. The van der Waals surface area contributed by atoms with Crippen molar-refractivity contribution in [1.29, 1.82) is 0 Å². The molecular weight excluding hydrogens is 264 g/mol. The van der Waals surface area contributed by atoms with Gasteiger partial charge in [-0.25, -0.2) is 18.1 Å². The molecular formula is C10H13ClN2O3S. The van der Waals surface area contributed by atoms with Crippen molar-refractivity contribution in [2.24, 2.45) is 0 Å². The number of aromatic nitrogens is 1. The number of rotatable bonds is 3. The Bertz CT molecular complexity index is 486. The average Bonchev–Trinajstić information content (AvgIpc) is 2.30. The fourth-order valence-corrected chi connectivity index (χ4v) is 3.43. The van der Waals surface area contributed by atoms with Crippen molar-refractivity contribution in [3.05, 3.63) is 23.5 Å². The maximum Gasteiger partial charge on any atom is 0.243 e. The summed E-state index contributed by atoms with van der Waals surface area (Å²) in [4.78, 5) is 3.78. The Labute approximate surface area is 105 Å². The quantitative estimate of drug-likeness (QED) is 0.842. The molecule has 0 bridgehead atoms. The van der Waals surface area contributed by atoms with Gasteiger partial charge in [0, 0.05) is 25.5 Å². The van der Waals surface area contributed by atoms with Crippen molar-refractivity contribution in [1.82, 2.24) is 9.71 Å². The van der Waals surface area contributed by atoms with Gasteiger partial charge in [-0.1, -0.05) is 11.6 Å². The lowest BCUT2D eigenvalue weighted by Crippen LogP contribution is -2.38. The first-order valence-corrected chi connectivity index (χ1v) is 7.16. The molecule has 1 aromatic heterocycles. The van der Waals surface area contributed by atoms with Gasteiger partial charge >= 0.3 is 0 Å². The molecule has 1 N–H and O–H groups in total. The molecule has 1 saturated heterocycles. The third-order valence-electron chi connectivity index (χ3n) is 2.56. The lowest BCUT2D eigenvalue weighted by molar-refractivity contribution is 0.0832. The second kappa shape index (κ2) is 5.30. The van der Waals surface area contributed by atoms with Gasteiger partial charge in [-0.15, -0.1) is 0 Å². The molecule has 0 amide bonds. The highest BCUT2D eigenvalue weighted by Gasteiger charge is 2.24. The van der Waals surface area contributed by atoms with Crippen molar-refractivity contribution < 1.29 is 13.2 Å². The van der Waals surface area contributed by atoms with E-state index in [-0.39, 0.29) is 16.1 Å². The van der Waals surface area contributed by atoms with Crippen LogP contribution in [0.2, 0.25) is 5.15 Å². The molecule has 1 fully saturated rings. The molecule has 2 heterocycles. The van der Waals surface area contributed by atoms with Gasteiger partial charge in [0.2, 0.25) is 10.0 Å². The van der Waals surface area contributed by atoms with E-state index >= 15 is 0 Å². The molecule has 1 aliphatic rings. The predicted octanol–water partition coefficient (Wildman–Crippen LogP) is 1.19. The topological polar surface area (TPSA) is 68.3 Å². The van der Waals surface area contributed by atoms with E-state index in [4.69, 9.17) is 16.3 Å². The Morgan fingerprint density at radius 1 is 1.41 bits per heavy atom. The summed E-state index contributed by atoms with van der Waals surface area (Å²) >= 11 is 5.77. The van der Waals surface area contributed by atoms with Crippen LogP contribution in [-0.4, -0.2) is 32.7 Å². The summed E-state index contributed by atoms with van der Waals surface area (Å²) in [5.74, 6) is 0.